The van der Waals surface area contributed by atoms with E-state index in [1.165, 1.54) is 6.42 Å². The van der Waals surface area contributed by atoms with E-state index in [4.69, 9.17) is 9.47 Å². The Bertz CT molecular complexity index is 214. The van der Waals surface area contributed by atoms with Gasteiger partial charge in [0.1, 0.15) is 0 Å². The van der Waals surface area contributed by atoms with E-state index in [9.17, 15) is 0 Å². The molecule has 2 rings (SSSR count). The quantitative estimate of drug-likeness (QED) is 0.796. The summed E-state index contributed by atoms with van der Waals surface area (Å²) in [4.78, 5) is 0. The molecule has 2 fully saturated rings. The van der Waals surface area contributed by atoms with Crippen LogP contribution >= 0.6 is 0 Å². The van der Waals surface area contributed by atoms with Crippen LogP contribution in [0.2, 0.25) is 0 Å². The maximum Gasteiger partial charge on any atom is 0.0951 e. The minimum atomic E-state index is 0.0470. The van der Waals surface area contributed by atoms with Gasteiger partial charge in [0, 0.05) is 25.7 Å². The lowest BCUT2D eigenvalue weighted by Crippen LogP contribution is -2.48. The molecule has 0 aliphatic carbocycles. The summed E-state index contributed by atoms with van der Waals surface area (Å²) in [5, 5.41) is 3.69. The second kappa shape index (κ2) is 5.48. The van der Waals surface area contributed by atoms with Crippen molar-refractivity contribution in [2.24, 2.45) is 5.92 Å². The highest BCUT2D eigenvalue weighted by Gasteiger charge is 2.40. The molecule has 1 spiro atoms. The highest BCUT2D eigenvalue weighted by molar-refractivity contribution is 4.92. The monoisotopic (exact) mass is 227 g/mol. The van der Waals surface area contributed by atoms with Crippen LogP contribution in [-0.2, 0) is 9.47 Å². The van der Waals surface area contributed by atoms with E-state index in [1.54, 1.807) is 0 Å². The molecular formula is C13H25NO2. The van der Waals surface area contributed by atoms with Crippen molar-refractivity contribution < 1.29 is 9.47 Å². The molecule has 2 aliphatic heterocycles. The summed E-state index contributed by atoms with van der Waals surface area (Å²) in [5.41, 5.74) is 0.0470. The summed E-state index contributed by atoms with van der Waals surface area (Å²) in [7, 11) is 0. The molecule has 3 atom stereocenters. The Morgan fingerprint density at radius 2 is 2.31 bits per heavy atom. The largest absolute Gasteiger partial charge is 0.378 e. The molecule has 16 heavy (non-hydrogen) atoms. The van der Waals surface area contributed by atoms with E-state index in [-0.39, 0.29) is 5.60 Å². The van der Waals surface area contributed by atoms with Crippen LogP contribution in [-0.4, -0.2) is 38.0 Å². The van der Waals surface area contributed by atoms with Crippen LogP contribution in [0.3, 0.4) is 0 Å². The SMILES string of the molecule is CCC(C)CNC1CCOC2(CCOC2)C1. The molecule has 0 amide bonds. The number of hydrogen-bond acceptors (Lipinski definition) is 3. The topological polar surface area (TPSA) is 30.5 Å². The van der Waals surface area contributed by atoms with Gasteiger partial charge in [-0.2, -0.15) is 0 Å². The first kappa shape index (κ1) is 12.3. The second-order valence-electron chi connectivity index (χ2n) is 5.45. The van der Waals surface area contributed by atoms with Crippen LogP contribution in [0.15, 0.2) is 0 Å². The molecule has 0 saturated carbocycles. The van der Waals surface area contributed by atoms with E-state index < -0.39 is 0 Å². The number of hydrogen-bond donors (Lipinski definition) is 1. The summed E-state index contributed by atoms with van der Waals surface area (Å²) in [6.07, 6.45) is 4.61. The Balaban J connectivity index is 1.78. The molecule has 2 aliphatic rings. The summed E-state index contributed by atoms with van der Waals surface area (Å²) in [6.45, 7) is 8.26. The third kappa shape index (κ3) is 2.96. The van der Waals surface area contributed by atoms with Gasteiger partial charge in [-0.25, -0.2) is 0 Å². The van der Waals surface area contributed by atoms with Gasteiger partial charge in [-0.15, -0.1) is 0 Å². The molecule has 1 N–H and O–H groups in total. The third-order valence-electron chi connectivity index (χ3n) is 4.01. The van der Waals surface area contributed by atoms with Crippen molar-refractivity contribution in [3.63, 3.8) is 0 Å². The van der Waals surface area contributed by atoms with Crippen molar-refractivity contribution >= 4 is 0 Å². The minimum absolute atomic E-state index is 0.0470. The Labute approximate surface area is 98.9 Å². The lowest BCUT2D eigenvalue weighted by molar-refractivity contribution is -0.0895. The van der Waals surface area contributed by atoms with Crippen molar-refractivity contribution in [3.05, 3.63) is 0 Å². The maximum absolute atomic E-state index is 5.92. The molecule has 0 bridgehead atoms. The zero-order chi connectivity index (χ0) is 11.4. The molecule has 2 saturated heterocycles. The molecule has 0 aromatic carbocycles. The fourth-order valence-corrected chi connectivity index (χ4v) is 2.58. The number of ether oxygens (including phenoxy) is 2. The molecule has 94 valence electrons. The molecule has 0 aromatic heterocycles. The smallest absolute Gasteiger partial charge is 0.0951 e. The van der Waals surface area contributed by atoms with E-state index in [0.717, 1.165) is 51.5 Å². The predicted octanol–water partition coefficient (Wildman–Crippen LogP) is 1.96. The molecule has 3 unspecified atom stereocenters. The summed E-state index contributed by atoms with van der Waals surface area (Å²) >= 11 is 0. The summed E-state index contributed by atoms with van der Waals surface area (Å²) in [5.74, 6) is 0.777. The lowest BCUT2D eigenvalue weighted by Gasteiger charge is -2.37. The molecule has 3 heteroatoms. The van der Waals surface area contributed by atoms with Crippen molar-refractivity contribution in [1.29, 1.82) is 0 Å². The first-order valence-electron chi connectivity index (χ1n) is 6.69. The average Bonchev–Trinajstić information content (AvgIpc) is 2.74. The summed E-state index contributed by atoms with van der Waals surface area (Å²) < 4.78 is 11.4. The number of rotatable bonds is 4. The predicted molar refractivity (Wildman–Crippen MR) is 64.6 cm³/mol. The molecule has 2 heterocycles. The van der Waals surface area contributed by atoms with E-state index in [1.807, 2.05) is 0 Å². The fourth-order valence-electron chi connectivity index (χ4n) is 2.58. The maximum atomic E-state index is 5.92. The van der Waals surface area contributed by atoms with Gasteiger partial charge in [0.05, 0.1) is 12.2 Å². The normalized spacial score (nSPS) is 36.8. The van der Waals surface area contributed by atoms with Gasteiger partial charge in [-0.1, -0.05) is 20.3 Å². The lowest BCUT2D eigenvalue weighted by atomic mass is 9.89. The van der Waals surface area contributed by atoms with Gasteiger partial charge in [0.2, 0.25) is 0 Å². The Hall–Kier alpha value is -0.120. The first-order chi connectivity index (χ1) is 7.74. The molecule has 0 radical (unpaired) electrons. The van der Waals surface area contributed by atoms with Crippen molar-refractivity contribution in [1.82, 2.24) is 5.32 Å². The van der Waals surface area contributed by atoms with E-state index >= 15 is 0 Å². The van der Waals surface area contributed by atoms with E-state index in [0.29, 0.717) is 6.04 Å². The van der Waals surface area contributed by atoms with Gasteiger partial charge in [-0.05, 0) is 25.3 Å². The molecule has 3 nitrogen and oxygen atoms in total. The van der Waals surface area contributed by atoms with Gasteiger partial charge >= 0.3 is 0 Å². The zero-order valence-electron chi connectivity index (χ0n) is 10.6. The van der Waals surface area contributed by atoms with E-state index in [2.05, 4.69) is 19.2 Å². The fraction of sp³-hybridized carbons (Fsp3) is 1.00. The molecule has 0 aromatic rings. The Morgan fingerprint density at radius 3 is 3.00 bits per heavy atom. The Morgan fingerprint density at radius 1 is 1.44 bits per heavy atom. The minimum Gasteiger partial charge on any atom is -0.378 e. The highest BCUT2D eigenvalue weighted by Crippen LogP contribution is 2.32. The zero-order valence-corrected chi connectivity index (χ0v) is 10.6. The second-order valence-corrected chi connectivity index (χ2v) is 5.45. The van der Waals surface area contributed by atoms with Crippen LogP contribution in [0, 0.1) is 5.92 Å². The van der Waals surface area contributed by atoms with Crippen LogP contribution in [0.4, 0.5) is 0 Å². The standard InChI is InChI=1S/C13H25NO2/c1-3-11(2)9-14-12-4-6-16-13(8-12)5-7-15-10-13/h11-12,14H,3-10H2,1-2H3. The van der Waals surface area contributed by atoms with Gasteiger partial charge in [0.25, 0.3) is 0 Å². The Kier molecular flexibility index (Phi) is 4.22. The van der Waals surface area contributed by atoms with Crippen molar-refractivity contribution in [2.45, 2.75) is 51.2 Å². The van der Waals surface area contributed by atoms with Gasteiger partial charge in [0.15, 0.2) is 0 Å². The van der Waals surface area contributed by atoms with Crippen LogP contribution in [0.1, 0.15) is 39.5 Å². The van der Waals surface area contributed by atoms with Crippen LogP contribution in [0.25, 0.3) is 0 Å². The van der Waals surface area contributed by atoms with Crippen LogP contribution < -0.4 is 5.32 Å². The van der Waals surface area contributed by atoms with Gasteiger partial charge < -0.3 is 14.8 Å². The third-order valence-corrected chi connectivity index (χ3v) is 4.01. The average molecular weight is 227 g/mol. The van der Waals surface area contributed by atoms with Crippen LogP contribution in [0.5, 0.6) is 0 Å². The molecular weight excluding hydrogens is 202 g/mol. The van der Waals surface area contributed by atoms with Gasteiger partial charge in [-0.3, -0.25) is 0 Å². The summed E-state index contributed by atoms with van der Waals surface area (Å²) in [6, 6.07) is 0.629. The van der Waals surface area contributed by atoms with Crippen molar-refractivity contribution in [3.8, 4) is 0 Å². The first-order valence-corrected chi connectivity index (χ1v) is 6.69. The number of nitrogens with one attached hydrogen (secondary N) is 1. The van der Waals surface area contributed by atoms with Crippen molar-refractivity contribution in [2.75, 3.05) is 26.4 Å². The highest BCUT2D eigenvalue weighted by atomic mass is 16.6.